The average molecular weight is 275 g/mol. The van der Waals surface area contributed by atoms with Crippen LogP contribution in [0.1, 0.15) is 13.8 Å². The average Bonchev–Trinajstić information content (AvgIpc) is 2.49. The number of carbonyl (C=O) groups is 1. The molecule has 1 aliphatic rings. The second-order valence-electron chi connectivity index (χ2n) is 4.66. The smallest absolute Gasteiger partial charge is 0.422 e. The largest absolute Gasteiger partial charge is 0.440 e. The van der Waals surface area contributed by atoms with Crippen molar-refractivity contribution in [3.63, 3.8) is 0 Å². The molecule has 8 heteroatoms. The molecule has 1 aliphatic heterocycles. The highest BCUT2D eigenvalue weighted by molar-refractivity contribution is 5.68. The molecular weight excluding hydrogens is 261 g/mol. The Kier molecular flexibility index (Phi) is 4.07. The van der Waals surface area contributed by atoms with E-state index in [-0.39, 0.29) is 12.5 Å². The molecule has 1 heterocycles. The van der Waals surface area contributed by atoms with Crippen LogP contribution in [0.4, 0.5) is 26.7 Å². The molecule has 106 valence electrons. The van der Waals surface area contributed by atoms with E-state index in [2.05, 4.69) is 4.74 Å². The lowest BCUT2D eigenvalue weighted by molar-refractivity contribution is -0.162. The van der Waals surface area contributed by atoms with E-state index in [1.807, 2.05) is 0 Å². The number of hydrogen-bond donors (Lipinski definition) is 0. The monoisotopic (exact) mass is 275 g/mol. The maximum absolute atomic E-state index is 13.5. The molecule has 1 atom stereocenters. The lowest BCUT2D eigenvalue weighted by Gasteiger charge is -2.20. The van der Waals surface area contributed by atoms with Gasteiger partial charge in [0.05, 0.1) is 6.54 Å². The van der Waals surface area contributed by atoms with Crippen LogP contribution in [0.25, 0.3) is 0 Å². The lowest BCUT2D eigenvalue weighted by Crippen LogP contribution is -2.34. The summed E-state index contributed by atoms with van der Waals surface area (Å²) < 4.78 is 66.3. The minimum Gasteiger partial charge on any atom is -0.440 e. The van der Waals surface area contributed by atoms with Gasteiger partial charge in [0.2, 0.25) is 0 Å². The first kappa shape index (κ1) is 15.0. The Morgan fingerprint density at radius 3 is 2.39 bits per heavy atom. The van der Waals surface area contributed by atoms with Crippen LogP contribution in [0.5, 0.6) is 0 Å². The second-order valence-corrected chi connectivity index (χ2v) is 4.66. The highest BCUT2D eigenvalue weighted by atomic mass is 19.4. The summed E-state index contributed by atoms with van der Waals surface area (Å²) >= 11 is 0. The van der Waals surface area contributed by atoms with Crippen LogP contribution in [0, 0.1) is 11.8 Å². The predicted octanol–water partition coefficient (Wildman–Crippen LogP) is 2.91. The first-order valence-corrected chi connectivity index (χ1v) is 5.39. The summed E-state index contributed by atoms with van der Waals surface area (Å²) in [5, 5.41) is 0. The maximum Gasteiger partial charge on any atom is 0.422 e. The fourth-order valence-corrected chi connectivity index (χ4v) is 1.88. The van der Waals surface area contributed by atoms with Crippen LogP contribution >= 0.6 is 0 Å². The maximum atomic E-state index is 13.5. The van der Waals surface area contributed by atoms with E-state index < -0.39 is 37.3 Å². The Bertz CT molecular complexity index is 316. The fraction of sp³-hybridized carbons (Fsp3) is 0.900. The quantitative estimate of drug-likeness (QED) is 0.725. The molecule has 0 bridgehead atoms. The Balaban J connectivity index is 2.57. The highest BCUT2D eigenvalue weighted by Gasteiger charge is 2.51. The van der Waals surface area contributed by atoms with Gasteiger partial charge in [-0.2, -0.15) is 13.2 Å². The summed E-state index contributed by atoms with van der Waals surface area (Å²) in [5.41, 5.74) is 0. The van der Waals surface area contributed by atoms with Gasteiger partial charge >= 0.3 is 12.3 Å². The SMILES string of the molecule is CC(C)C1CN(C(=O)OCC(F)(F)F)CC1(F)F. The van der Waals surface area contributed by atoms with Crippen molar-refractivity contribution >= 4 is 6.09 Å². The Morgan fingerprint density at radius 2 is 2.00 bits per heavy atom. The molecule has 0 spiro atoms. The zero-order chi connectivity index (χ0) is 14.1. The third-order valence-corrected chi connectivity index (χ3v) is 2.78. The Hall–Kier alpha value is -1.08. The first-order chi connectivity index (χ1) is 8.03. The number of nitrogens with zero attached hydrogens (tertiary/aromatic N) is 1. The van der Waals surface area contributed by atoms with E-state index in [1.54, 1.807) is 13.8 Å². The van der Waals surface area contributed by atoms with Crippen LogP contribution in [-0.2, 0) is 4.74 Å². The zero-order valence-corrected chi connectivity index (χ0v) is 9.93. The molecule has 0 aromatic rings. The van der Waals surface area contributed by atoms with Crippen molar-refractivity contribution in [1.29, 1.82) is 0 Å². The van der Waals surface area contributed by atoms with E-state index in [1.165, 1.54) is 0 Å². The van der Waals surface area contributed by atoms with Crippen molar-refractivity contribution in [3.8, 4) is 0 Å². The van der Waals surface area contributed by atoms with Gasteiger partial charge in [0.15, 0.2) is 6.61 Å². The van der Waals surface area contributed by atoms with Crippen LogP contribution in [0.15, 0.2) is 0 Å². The number of hydrogen-bond acceptors (Lipinski definition) is 2. The lowest BCUT2D eigenvalue weighted by atomic mass is 9.92. The minimum absolute atomic E-state index is 0.290. The standard InChI is InChI=1S/C10H14F5NO2/c1-6(2)7-3-16(4-9(7,11)12)8(17)18-5-10(13,14)15/h6-7H,3-5H2,1-2H3. The Morgan fingerprint density at radius 1 is 1.44 bits per heavy atom. The molecule has 1 fully saturated rings. The molecule has 1 rings (SSSR count). The molecule has 1 amide bonds. The number of carbonyl (C=O) groups excluding carboxylic acids is 1. The molecular formula is C10H14F5NO2. The second kappa shape index (κ2) is 4.89. The predicted molar refractivity (Wildman–Crippen MR) is 52.3 cm³/mol. The van der Waals surface area contributed by atoms with Gasteiger partial charge in [0.1, 0.15) is 0 Å². The number of alkyl halides is 5. The molecule has 1 saturated heterocycles. The molecule has 18 heavy (non-hydrogen) atoms. The van der Waals surface area contributed by atoms with Crippen LogP contribution < -0.4 is 0 Å². The molecule has 3 nitrogen and oxygen atoms in total. The van der Waals surface area contributed by atoms with Crippen LogP contribution in [0.2, 0.25) is 0 Å². The van der Waals surface area contributed by atoms with E-state index in [9.17, 15) is 26.7 Å². The normalized spacial score (nSPS) is 23.6. The molecule has 0 aromatic carbocycles. The highest BCUT2D eigenvalue weighted by Crippen LogP contribution is 2.37. The van der Waals surface area contributed by atoms with Gasteiger partial charge < -0.3 is 9.64 Å². The van der Waals surface area contributed by atoms with Crippen molar-refractivity contribution in [1.82, 2.24) is 4.90 Å². The summed E-state index contributed by atoms with van der Waals surface area (Å²) in [6.45, 7) is 0.195. The molecule has 0 saturated carbocycles. The van der Waals surface area contributed by atoms with Crippen molar-refractivity contribution < 1.29 is 31.5 Å². The van der Waals surface area contributed by atoms with Crippen LogP contribution in [-0.4, -0.2) is 42.8 Å². The van der Waals surface area contributed by atoms with Gasteiger partial charge in [-0.3, -0.25) is 0 Å². The third kappa shape index (κ3) is 3.71. The molecule has 1 unspecified atom stereocenters. The van der Waals surface area contributed by atoms with Crippen molar-refractivity contribution in [2.24, 2.45) is 11.8 Å². The number of ether oxygens (including phenoxy) is 1. The van der Waals surface area contributed by atoms with Gasteiger partial charge in [-0.25, -0.2) is 13.6 Å². The van der Waals surface area contributed by atoms with Crippen molar-refractivity contribution in [3.05, 3.63) is 0 Å². The summed E-state index contributed by atoms with van der Waals surface area (Å²) in [6, 6.07) is 0. The molecule has 0 aromatic heterocycles. The number of likely N-dealkylation sites (tertiary alicyclic amines) is 1. The third-order valence-electron chi connectivity index (χ3n) is 2.78. The van der Waals surface area contributed by atoms with E-state index >= 15 is 0 Å². The minimum atomic E-state index is -4.66. The van der Waals surface area contributed by atoms with E-state index in [4.69, 9.17) is 0 Å². The van der Waals surface area contributed by atoms with Crippen molar-refractivity contribution in [2.75, 3.05) is 19.7 Å². The summed E-state index contributed by atoms with van der Waals surface area (Å²) in [5.74, 6) is -4.53. The molecule has 0 radical (unpaired) electrons. The number of amides is 1. The van der Waals surface area contributed by atoms with E-state index in [0.29, 0.717) is 4.90 Å². The molecule has 0 aliphatic carbocycles. The van der Waals surface area contributed by atoms with E-state index in [0.717, 1.165) is 0 Å². The zero-order valence-electron chi connectivity index (χ0n) is 9.93. The van der Waals surface area contributed by atoms with Crippen molar-refractivity contribution in [2.45, 2.75) is 25.9 Å². The van der Waals surface area contributed by atoms with Gasteiger partial charge in [0, 0.05) is 12.5 Å². The van der Waals surface area contributed by atoms with Crippen LogP contribution in [0.3, 0.4) is 0 Å². The summed E-state index contributed by atoms with van der Waals surface area (Å²) in [4.78, 5) is 11.8. The van der Waals surface area contributed by atoms with Gasteiger partial charge in [0.25, 0.3) is 5.92 Å². The number of halogens is 5. The summed E-state index contributed by atoms with van der Waals surface area (Å²) in [6.07, 6.45) is -6.01. The first-order valence-electron chi connectivity index (χ1n) is 5.39. The Labute approximate surface area is 101 Å². The topological polar surface area (TPSA) is 29.5 Å². The summed E-state index contributed by atoms with van der Waals surface area (Å²) in [7, 11) is 0. The molecule has 0 N–H and O–H groups in total. The van der Waals surface area contributed by atoms with Gasteiger partial charge in [-0.05, 0) is 5.92 Å². The number of rotatable bonds is 2. The van der Waals surface area contributed by atoms with Gasteiger partial charge in [-0.1, -0.05) is 13.8 Å². The fourth-order valence-electron chi connectivity index (χ4n) is 1.88. The van der Waals surface area contributed by atoms with Gasteiger partial charge in [-0.15, -0.1) is 0 Å².